The van der Waals surface area contributed by atoms with Crippen molar-refractivity contribution in [3.8, 4) is 11.8 Å². The number of hydrogen-bond acceptors (Lipinski definition) is 5. The van der Waals surface area contributed by atoms with Gasteiger partial charge in [-0.1, -0.05) is 6.07 Å². The van der Waals surface area contributed by atoms with Gasteiger partial charge in [0.15, 0.2) is 6.10 Å². The van der Waals surface area contributed by atoms with Gasteiger partial charge in [0.1, 0.15) is 5.69 Å². The van der Waals surface area contributed by atoms with Crippen LogP contribution in [0.1, 0.15) is 5.69 Å². The quantitative estimate of drug-likeness (QED) is 0.781. The summed E-state index contributed by atoms with van der Waals surface area (Å²) >= 11 is 0. The van der Waals surface area contributed by atoms with Gasteiger partial charge in [0.25, 0.3) is 0 Å². The molecule has 1 aromatic carbocycles. The summed E-state index contributed by atoms with van der Waals surface area (Å²) in [6.07, 6.45) is -4.39. The van der Waals surface area contributed by atoms with E-state index >= 15 is 0 Å². The first-order valence-corrected chi connectivity index (χ1v) is 8.12. The fourth-order valence-corrected chi connectivity index (χ4v) is 2.68. The monoisotopic (exact) mass is 393 g/mol. The number of nitriles is 1. The van der Waals surface area contributed by atoms with Crippen LogP contribution in [0, 0.1) is 11.3 Å². The first kappa shape index (κ1) is 19.4. The number of anilines is 1. The van der Waals surface area contributed by atoms with Gasteiger partial charge in [-0.05, 0) is 24.3 Å². The largest absolute Gasteiger partial charge is 0.433 e. The molecule has 1 aliphatic heterocycles. The fourth-order valence-electron chi connectivity index (χ4n) is 2.68. The lowest BCUT2D eigenvalue weighted by Crippen LogP contribution is -2.49. The maximum Gasteiger partial charge on any atom is 0.433 e. The average molecular weight is 393 g/mol. The van der Waals surface area contributed by atoms with Crippen molar-refractivity contribution in [2.24, 2.45) is 0 Å². The molecule has 11 heteroatoms. The van der Waals surface area contributed by atoms with Gasteiger partial charge < -0.3 is 15.0 Å². The Labute approximate surface area is 157 Å². The van der Waals surface area contributed by atoms with Crippen molar-refractivity contribution in [1.29, 1.82) is 5.26 Å². The van der Waals surface area contributed by atoms with Crippen LogP contribution in [0.15, 0.2) is 36.5 Å². The third-order valence-electron chi connectivity index (χ3n) is 3.97. The van der Waals surface area contributed by atoms with Gasteiger partial charge in [-0.15, -0.1) is 0 Å². The van der Waals surface area contributed by atoms with Gasteiger partial charge >= 0.3 is 18.0 Å². The predicted octanol–water partition coefficient (Wildman–Crippen LogP) is 1.58. The number of nitrogens with zero attached hydrogens (tertiary/aromatic N) is 4. The van der Waals surface area contributed by atoms with E-state index in [0.717, 1.165) is 12.3 Å². The molecule has 1 fully saturated rings. The maximum atomic E-state index is 13.0. The van der Waals surface area contributed by atoms with E-state index < -0.39 is 29.8 Å². The summed E-state index contributed by atoms with van der Waals surface area (Å²) in [5.41, 5.74) is -0.772. The standard InChI is InChI=1S/C17H14F3N5O3/c18-17(19,20)14-4-5-22-25(14)12-3-1-2-11(8-12)23-15(26)16(27)24-6-7-28-13(9-21)10-24/h1-5,8,13H,6-7,10H2,(H,23,26). The highest BCUT2D eigenvalue weighted by atomic mass is 19.4. The lowest BCUT2D eigenvalue weighted by molar-refractivity contribution is -0.147. The van der Waals surface area contributed by atoms with Gasteiger partial charge in [0.05, 0.1) is 31.1 Å². The van der Waals surface area contributed by atoms with Gasteiger partial charge in [-0.2, -0.15) is 23.5 Å². The summed E-state index contributed by atoms with van der Waals surface area (Å²) in [6, 6.07) is 8.22. The third-order valence-corrected chi connectivity index (χ3v) is 3.97. The van der Waals surface area contributed by atoms with E-state index in [1.54, 1.807) is 0 Å². The molecule has 28 heavy (non-hydrogen) atoms. The van der Waals surface area contributed by atoms with E-state index in [2.05, 4.69) is 10.4 Å². The molecule has 0 saturated carbocycles. The fraction of sp³-hybridized carbons (Fsp3) is 0.294. The predicted molar refractivity (Wildman–Crippen MR) is 89.1 cm³/mol. The summed E-state index contributed by atoms with van der Waals surface area (Å²) in [5, 5.41) is 14.9. The van der Waals surface area contributed by atoms with Gasteiger partial charge in [0, 0.05) is 12.2 Å². The van der Waals surface area contributed by atoms with Crippen LogP contribution in [0.4, 0.5) is 18.9 Å². The first-order valence-electron chi connectivity index (χ1n) is 8.12. The summed E-state index contributed by atoms with van der Waals surface area (Å²) in [7, 11) is 0. The number of morpholine rings is 1. The number of aromatic nitrogens is 2. The molecular formula is C17H14F3N5O3. The second kappa shape index (κ2) is 7.69. The van der Waals surface area contributed by atoms with Crippen molar-refractivity contribution in [2.75, 3.05) is 25.0 Å². The minimum absolute atomic E-state index is 0.0367. The molecule has 2 amide bonds. The molecule has 146 valence electrons. The number of carbonyl (C=O) groups excluding carboxylic acids is 2. The molecule has 1 aliphatic rings. The van der Waals surface area contributed by atoms with E-state index in [4.69, 9.17) is 10.00 Å². The van der Waals surface area contributed by atoms with Crippen molar-refractivity contribution in [1.82, 2.24) is 14.7 Å². The third kappa shape index (κ3) is 4.12. The maximum absolute atomic E-state index is 13.0. The number of halogens is 3. The molecule has 1 saturated heterocycles. The Hall–Kier alpha value is -3.39. The Kier molecular flexibility index (Phi) is 5.32. The highest BCUT2D eigenvalue weighted by Crippen LogP contribution is 2.30. The average Bonchev–Trinajstić information content (AvgIpc) is 3.18. The van der Waals surface area contributed by atoms with Crippen LogP contribution < -0.4 is 5.32 Å². The van der Waals surface area contributed by atoms with Crippen molar-refractivity contribution in [3.63, 3.8) is 0 Å². The molecule has 0 bridgehead atoms. The van der Waals surface area contributed by atoms with Crippen LogP contribution in [0.25, 0.3) is 5.69 Å². The van der Waals surface area contributed by atoms with E-state index in [9.17, 15) is 22.8 Å². The zero-order chi connectivity index (χ0) is 20.3. The van der Waals surface area contributed by atoms with Crippen LogP contribution in [-0.4, -0.2) is 52.3 Å². The Balaban J connectivity index is 1.75. The van der Waals surface area contributed by atoms with Crippen molar-refractivity contribution in [2.45, 2.75) is 12.3 Å². The number of rotatable bonds is 2. The molecule has 2 aromatic rings. The number of carbonyl (C=O) groups is 2. The van der Waals surface area contributed by atoms with Crippen molar-refractivity contribution >= 4 is 17.5 Å². The summed E-state index contributed by atoms with van der Waals surface area (Å²) in [5.74, 6) is -1.82. The van der Waals surface area contributed by atoms with Crippen LogP contribution in [0.2, 0.25) is 0 Å². The summed E-state index contributed by atoms with van der Waals surface area (Å²) < 4.78 is 44.9. The molecule has 0 aliphatic carbocycles. The number of nitrogens with one attached hydrogen (secondary N) is 1. The highest BCUT2D eigenvalue weighted by Gasteiger charge is 2.35. The Morgan fingerprint density at radius 2 is 2.11 bits per heavy atom. The number of ether oxygens (including phenoxy) is 1. The second-order valence-corrected chi connectivity index (χ2v) is 5.87. The van der Waals surface area contributed by atoms with Crippen LogP contribution in [-0.2, 0) is 20.5 Å². The highest BCUT2D eigenvalue weighted by molar-refractivity contribution is 6.39. The lowest BCUT2D eigenvalue weighted by atomic mass is 10.2. The van der Waals surface area contributed by atoms with Crippen LogP contribution >= 0.6 is 0 Å². The Morgan fingerprint density at radius 1 is 1.32 bits per heavy atom. The summed E-state index contributed by atoms with van der Waals surface area (Å²) in [6.45, 7) is 0.254. The van der Waals surface area contributed by atoms with Gasteiger partial charge in [-0.3, -0.25) is 9.59 Å². The molecule has 2 heterocycles. The van der Waals surface area contributed by atoms with E-state index in [-0.39, 0.29) is 31.1 Å². The van der Waals surface area contributed by atoms with Crippen LogP contribution in [0.3, 0.4) is 0 Å². The number of amides is 2. The molecule has 1 atom stereocenters. The molecule has 3 rings (SSSR count). The smallest absolute Gasteiger partial charge is 0.360 e. The molecule has 1 unspecified atom stereocenters. The number of alkyl halides is 3. The second-order valence-electron chi connectivity index (χ2n) is 5.87. The zero-order valence-electron chi connectivity index (χ0n) is 14.3. The van der Waals surface area contributed by atoms with E-state index in [1.165, 1.54) is 29.2 Å². The molecule has 1 aromatic heterocycles. The topological polar surface area (TPSA) is 100 Å². The molecular weight excluding hydrogens is 379 g/mol. The normalized spacial score (nSPS) is 17.1. The van der Waals surface area contributed by atoms with Gasteiger partial charge in [0.2, 0.25) is 0 Å². The van der Waals surface area contributed by atoms with Crippen molar-refractivity contribution < 1.29 is 27.5 Å². The zero-order valence-corrected chi connectivity index (χ0v) is 14.3. The minimum atomic E-state index is -4.60. The Morgan fingerprint density at radius 3 is 2.82 bits per heavy atom. The van der Waals surface area contributed by atoms with E-state index in [1.807, 2.05) is 6.07 Å². The van der Waals surface area contributed by atoms with E-state index in [0.29, 0.717) is 4.68 Å². The molecule has 8 nitrogen and oxygen atoms in total. The van der Waals surface area contributed by atoms with Gasteiger partial charge in [-0.25, -0.2) is 4.68 Å². The van der Waals surface area contributed by atoms with Crippen LogP contribution in [0.5, 0.6) is 0 Å². The van der Waals surface area contributed by atoms with Crippen molar-refractivity contribution in [3.05, 3.63) is 42.2 Å². The summed E-state index contributed by atoms with van der Waals surface area (Å²) in [4.78, 5) is 25.6. The molecule has 0 spiro atoms. The number of hydrogen-bond donors (Lipinski definition) is 1. The Bertz CT molecular complexity index is 935. The minimum Gasteiger partial charge on any atom is -0.360 e. The lowest BCUT2D eigenvalue weighted by Gasteiger charge is -2.29. The molecule has 0 radical (unpaired) electrons. The molecule has 1 N–H and O–H groups in total. The SMILES string of the molecule is N#CC1CN(C(=O)C(=O)Nc2cccc(-n3nccc3C(F)(F)F)c2)CCO1. The number of benzene rings is 1. The first-order chi connectivity index (χ1) is 13.3.